The fraction of sp³-hybridized carbons (Fsp3) is 0.0526. The second kappa shape index (κ2) is 7.51. The van der Waals surface area contributed by atoms with Crippen molar-refractivity contribution in [1.82, 2.24) is 0 Å². The quantitative estimate of drug-likeness (QED) is 0.588. The summed E-state index contributed by atoms with van der Waals surface area (Å²) >= 11 is 0. The molecule has 0 bridgehead atoms. The summed E-state index contributed by atoms with van der Waals surface area (Å²) in [7, 11) is -3.87. The lowest BCUT2D eigenvalue weighted by Crippen LogP contribution is -2.16. The van der Waals surface area contributed by atoms with Gasteiger partial charge in [0.2, 0.25) is 0 Å². The van der Waals surface area contributed by atoms with Gasteiger partial charge in [-0.3, -0.25) is 4.72 Å². The van der Waals surface area contributed by atoms with Gasteiger partial charge < -0.3 is 4.74 Å². The van der Waals surface area contributed by atoms with Crippen molar-refractivity contribution in [3.63, 3.8) is 0 Å². The van der Waals surface area contributed by atoms with Crippen molar-refractivity contribution in [2.45, 2.75) is 11.3 Å². The minimum absolute atomic E-state index is 0.0161. The molecule has 0 amide bonds. The number of sulfonamides is 1. The van der Waals surface area contributed by atoms with E-state index < -0.39 is 22.2 Å². The highest BCUT2D eigenvalue weighted by Gasteiger charge is 2.30. The Morgan fingerprint density at radius 2 is 1.25 bits per heavy atom. The lowest BCUT2D eigenvalue weighted by atomic mass is 10.1. The van der Waals surface area contributed by atoms with Crippen LogP contribution in [0.15, 0.2) is 77.7 Å². The fourth-order valence-electron chi connectivity index (χ4n) is 2.41. The van der Waals surface area contributed by atoms with Crippen molar-refractivity contribution in [2.75, 3.05) is 4.72 Å². The average molecular weight is 411 g/mol. The Labute approximate surface area is 158 Å². The van der Waals surface area contributed by atoms with Gasteiger partial charge in [0.15, 0.2) is 0 Å². The van der Waals surface area contributed by atoms with E-state index in [1.807, 2.05) is 0 Å². The first kappa shape index (κ1) is 19.7. The third kappa shape index (κ3) is 5.01. The molecule has 0 saturated carbocycles. The van der Waals surface area contributed by atoms with Gasteiger partial charge in [0.05, 0.1) is 4.90 Å². The first-order valence-electron chi connectivity index (χ1n) is 7.87. The van der Waals surface area contributed by atoms with E-state index in [1.165, 1.54) is 60.7 Å². The van der Waals surface area contributed by atoms with Crippen molar-refractivity contribution < 1.29 is 30.7 Å². The van der Waals surface area contributed by atoms with E-state index in [2.05, 4.69) is 9.46 Å². The lowest BCUT2D eigenvalue weighted by molar-refractivity contribution is -0.274. The molecule has 0 aliphatic carbocycles. The van der Waals surface area contributed by atoms with E-state index in [0.29, 0.717) is 11.1 Å². The predicted molar refractivity (Wildman–Crippen MR) is 95.8 cm³/mol. The Balaban J connectivity index is 1.76. The Morgan fingerprint density at radius 3 is 1.75 bits per heavy atom. The zero-order valence-corrected chi connectivity index (χ0v) is 14.9. The summed E-state index contributed by atoms with van der Waals surface area (Å²) in [6, 6.07) is 15.8. The standard InChI is InChI=1S/C19H13F4NO3S/c20-15-5-7-16(8-6-15)24-28(25,26)18-11-3-14(4-12-18)13-1-9-17(10-2-13)27-19(21,22)23/h1-12,24H. The molecule has 1 N–H and O–H groups in total. The van der Waals surface area contributed by atoms with Crippen molar-refractivity contribution in [3.8, 4) is 16.9 Å². The second-order valence-corrected chi connectivity index (χ2v) is 7.39. The normalized spacial score (nSPS) is 11.9. The Morgan fingerprint density at radius 1 is 0.750 bits per heavy atom. The summed E-state index contributed by atoms with van der Waals surface area (Å²) < 4.78 is 80.4. The SMILES string of the molecule is O=S(=O)(Nc1ccc(F)cc1)c1ccc(-c2ccc(OC(F)(F)F)cc2)cc1. The molecule has 146 valence electrons. The lowest BCUT2D eigenvalue weighted by Gasteiger charge is -2.10. The molecular formula is C19H13F4NO3S. The van der Waals surface area contributed by atoms with E-state index in [1.54, 1.807) is 0 Å². The zero-order chi connectivity index (χ0) is 20.4. The summed E-state index contributed by atoms with van der Waals surface area (Å²) in [6.45, 7) is 0. The number of rotatable bonds is 5. The number of hydrogen-bond donors (Lipinski definition) is 1. The number of alkyl halides is 3. The molecule has 4 nitrogen and oxygen atoms in total. The molecule has 0 unspecified atom stereocenters. The first-order valence-corrected chi connectivity index (χ1v) is 9.35. The molecule has 3 aromatic rings. The number of ether oxygens (including phenoxy) is 1. The Kier molecular flexibility index (Phi) is 5.28. The molecular weight excluding hydrogens is 398 g/mol. The molecule has 0 saturated heterocycles. The van der Waals surface area contributed by atoms with Gasteiger partial charge in [-0.25, -0.2) is 12.8 Å². The van der Waals surface area contributed by atoms with Crippen LogP contribution < -0.4 is 9.46 Å². The molecule has 0 spiro atoms. The number of halogens is 4. The van der Waals surface area contributed by atoms with Crippen LogP contribution in [0.1, 0.15) is 0 Å². The van der Waals surface area contributed by atoms with Crippen molar-refractivity contribution in [2.24, 2.45) is 0 Å². The van der Waals surface area contributed by atoms with Gasteiger partial charge in [0, 0.05) is 5.69 Å². The van der Waals surface area contributed by atoms with Crippen LogP contribution in [0.3, 0.4) is 0 Å². The van der Waals surface area contributed by atoms with Gasteiger partial charge in [-0.1, -0.05) is 24.3 Å². The van der Waals surface area contributed by atoms with Crippen LogP contribution in [0, 0.1) is 5.82 Å². The summed E-state index contributed by atoms with van der Waals surface area (Å²) in [5, 5.41) is 0. The van der Waals surface area contributed by atoms with Crippen LogP contribution >= 0.6 is 0 Å². The minimum atomic E-state index is -4.77. The van der Waals surface area contributed by atoms with Crippen LogP contribution in [-0.4, -0.2) is 14.8 Å². The topological polar surface area (TPSA) is 55.4 Å². The molecule has 3 rings (SSSR count). The number of nitrogens with one attached hydrogen (secondary N) is 1. The molecule has 3 aromatic carbocycles. The van der Waals surface area contributed by atoms with E-state index in [9.17, 15) is 26.0 Å². The van der Waals surface area contributed by atoms with Gasteiger partial charge in [0.25, 0.3) is 10.0 Å². The second-order valence-electron chi connectivity index (χ2n) is 5.71. The number of benzene rings is 3. The van der Waals surface area contributed by atoms with Crippen LogP contribution in [-0.2, 0) is 10.0 Å². The highest BCUT2D eigenvalue weighted by atomic mass is 32.2. The predicted octanol–water partition coefficient (Wildman–Crippen LogP) is 5.19. The molecule has 0 atom stereocenters. The molecule has 9 heteroatoms. The van der Waals surface area contributed by atoms with Gasteiger partial charge in [-0.15, -0.1) is 13.2 Å². The fourth-order valence-corrected chi connectivity index (χ4v) is 3.47. The van der Waals surface area contributed by atoms with E-state index >= 15 is 0 Å². The average Bonchev–Trinajstić information content (AvgIpc) is 2.63. The Hall–Kier alpha value is -3.07. The van der Waals surface area contributed by atoms with E-state index in [4.69, 9.17) is 0 Å². The largest absolute Gasteiger partial charge is 0.573 e. The monoisotopic (exact) mass is 411 g/mol. The zero-order valence-electron chi connectivity index (χ0n) is 14.1. The van der Waals surface area contributed by atoms with Gasteiger partial charge in [-0.2, -0.15) is 0 Å². The molecule has 0 aliphatic rings. The highest BCUT2D eigenvalue weighted by molar-refractivity contribution is 7.92. The molecule has 0 radical (unpaired) electrons. The van der Waals surface area contributed by atoms with Crippen LogP contribution in [0.2, 0.25) is 0 Å². The molecule has 0 heterocycles. The maximum atomic E-state index is 12.9. The van der Waals surface area contributed by atoms with E-state index in [-0.39, 0.29) is 16.3 Å². The van der Waals surface area contributed by atoms with Crippen LogP contribution in [0.25, 0.3) is 11.1 Å². The van der Waals surface area contributed by atoms with Crippen LogP contribution in [0.4, 0.5) is 23.2 Å². The molecule has 0 aliphatic heterocycles. The molecule has 0 fully saturated rings. The maximum absolute atomic E-state index is 12.9. The van der Waals surface area contributed by atoms with Crippen LogP contribution in [0.5, 0.6) is 5.75 Å². The first-order chi connectivity index (χ1) is 13.1. The van der Waals surface area contributed by atoms with Crippen molar-refractivity contribution in [1.29, 1.82) is 0 Å². The van der Waals surface area contributed by atoms with Gasteiger partial charge in [0.1, 0.15) is 11.6 Å². The summed E-state index contributed by atoms with van der Waals surface area (Å²) in [5.74, 6) is -0.835. The third-order valence-corrected chi connectivity index (χ3v) is 5.08. The summed E-state index contributed by atoms with van der Waals surface area (Å²) in [5.41, 5.74) is 1.41. The third-order valence-electron chi connectivity index (χ3n) is 3.68. The molecule has 0 aromatic heterocycles. The van der Waals surface area contributed by atoms with Gasteiger partial charge in [-0.05, 0) is 59.7 Å². The maximum Gasteiger partial charge on any atom is 0.573 e. The van der Waals surface area contributed by atoms with E-state index in [0.717, 1.165) is 12.1 Å². The summed E-state index contributed by atoms with van der Waals surface area (Å²) in [4.78, 5) is -0.0161. The molecule has 28 heavy (non-hydrogen) atoms. The Bertz CT molecular complexity index is 1050. The highest BCUT2D eigenvalue weighted by Crippen LogP contribution is 2.27. The van der Waals surface area contributed by atoms with Crippen molar-refractivity contribution in [3.05, 3.63) is 78.6 Å². The smallest absolute Gasteiger partial charge is 0.406 e. The number of hydrogen-bond acceptors (Lipinski definition) is 3. The number of anilines is 1. The summed E-state index contributed by atoms with van der Waals surface area (Å²) in [6.07, 6.45) is -4.77. The van der Waals surface area contributed by atoms with Crippen molar-refractivity contribution >= 4 is 15.7 Å². The minimum Gasteiger partial charge on any atom is -0.406 e. The van der Waals surface area contributed by atoms with Gasteiger partial charge >= 0.3 is 6.36 Å².